The second kappa shape index (κ2) is 7.31. The topological polar surface area (TPSA) is 115 Å². The van der Waals surface area contributed by atoms with Gasteiger partial charge in [-0.15, -0.1) is 0 Å². The van der Waals surface area contributed by atoms with E-state index in [0.29, 0.717) is 11.2 Å². The first-order valence-corrected chi connectivity index (χ1v) is 8.55. The highest BCUT2D eigenvalue weighted by Gasteiger charge is 2.10. The highest BCUT2D eigenvalue weighted by atomic mass is 16.2. The van der Waals surface area contributed by atoms with Gasteiger partial charge in [-0.2, -0.15) is 5.10 Å². The van der Waals surface area contributed by atoms with E-state index in [1.807, 2.05) is 6.07 Å². The Bertz CT molecular complexity index is 1240. The van der Waals surface area contributed by atoms with Gasteiger partial charge in [-0.3, -0.25) is 19.5 Å². The van der Waals surface area contributed by atoms with Crippen molar-refractivity contribution in [3.63, 3.8) is 0 Å². The van der Waals surface area contributed by atoms with Crippen molar-refractivity contribution in [2.75, 3.05) is 0 Å². The minimum atomic E-state index is -0.421. The number of amides is 1. The van der Waals surface area contributed by atoms with Gasteiger partial charge in [0, 0.05) is 25.1 Å². The zero-order chi connectivity index (χ0) is 19.5. The number of carbonyl (C=O) groups excluding carboxylic acids is 1. The number of aromatic amines is 1. The summed E-state index contributed by atoms with van der Waals surface area (Å²) in [5.41, 5.74) is -0.0411. The molecule has 0 fully saturated rings. The average Bonchev–Trinajstić information content (AvgIpc) is 3.26. The zero-order valence-electron chi connectivity index (χ0n) is 14.7. The number of rotatable bonds is 5. The molecule has 4 aromatic rings. The first-order chi connectivity index (χ1) is 13.6. The van der Waals surface area contributed by atoms with E-state index in [1.54, 1.807) is 59.7 Å². The lowest BCUT2D eigenvalue weighted by Crippen LogP contribution is -2.36. The van der Waals surface area contributed by atoms with Gasteiger partial charge in [0.2, 0.25) is 5.91 Å². The molecule has 2 N–H and O–H groups in total. The minimum absolute atomic E-state index is 0.248. The highest BCUT2D eigenvalue weighted by Crippen LogP contribution is 2.05. The van der Waals surface area contributed by atoms with Gasteiger partial charge in [0.15, 0.2) is 5.82 Å². The molecule has 0 saturated heterocycles. The summed E-state index contributed by atoms with van der Waals surface area (Å²) in [6.07, 6.45) is 5.09. The van der Waals surface area contributed by atoms with Gasteiger partial charge in [0.1, 0.15) is 6.54 Å². The van der Waals surface area contributed by atoms with Crippen LogP contribution in [0.3, 0.4) is 0 Å². The molecule has 3 heterocycles. The number of benzene rings is 1. The molecule has 0 atom stereocenters. The molecular formula is C19H16N6O3. The number of nitrogens with one attached hydrogen (secondary N) is 2. The van der Waals surface area contributed by atoms with Crippen LogP contribution in [-0.4, -0.2) is 30.5 Å². The number of H-pyrrole nitrogens is 1. The number of aromatic nitrogens is 5. The van der Waals surface area contributed by atoms with Gasteiger partial charge in [-0.1, -0.05) is 18.2 Å². The summed E-state index contributed by atoms with van der Waals surface area (Å²) in [5, 5.41) is 9.82. The quantitative estimate of drug-likeness (QED) is 0.529. The predicted octanol–water partition coefficient (Wildman–Crippen LogP) is 0.587. The molecule has 9 nitrogen and oxygen atoms in total. The van der Waals surface area contributed by atoms with Gasteiger partial charge in [-0.25, -0.2) is 14.3 Å². The van der Waals surface area contributed by atoms with E-state index < -0.39 is 17.0 Å². The SMILES string of the molecule is O=C(Cn1[nH]c(=O)c2ccccc2c1=O)NCc1ccc(-n2cccn2)nc1. The van der Waals surface area contributed by atoms with Crippen molar-refractivity contribution in [3.05, 3.63) is 87.3 Å². The molecule has 0 spiro atoms. The molecule has 0 aliphatic rings. The monoisotopic (exact) mass is 376 g/mol. The first-order valence-electron chi connectivity index (χ1n) is 8.55. The highest BCUT2D eigenvalue weighted by molar-refractivity contribution is 5.81. The Labute approximate surface area is 158 Å². The molecule has 1 aromatic carbocycles. The summed E-state index contributed by atoms with van der Waals surface area (Å²) in [4.78, 5) is 41.0. The van der Waals surface area contributed by atoms with Crippen molar-refractivity contribution in [3.8, 4) is 5.82 Å². The smallest absolute Gasteiger partial charge is 0.273 e. The van der Waals surface area contributed by atoms with Gasteiger partial charge in [-0.05, 0) is 29.8 Å². The molecule has 1 amide bonds. The van der Waals surface area contributed by atoms with E-state index in [0.717, 1.165) is 10.2 Å². The summed E-state index contributed by atoms with van der Waals surface area (Å²) < 4.78 is 2.64. The first kappa shape index (κ1) is 17.4. The van der Waals surface area contributed by atoms with Crippen LogP contribution in [0, 0.1) is 0 Å². The zero-order valence-corrected chi connectivity index (χ0v) is 14.7. The van der Waals surface area contributed by atoms with Crippen LogP contribution in [0.1, 0.15) is 5.56 Å². The number of nitrogens with zero attached hydrogens (tertiary/aromatic N) is 4. The lowest BCUT2D eigenvalue weighted by molar-refractivity contribution is -0.122. The molecular weight excluding hydrogens is 360 g/mol. The maximum atomic E-state index is 12.4. The second-order valence-corrected chi connectivity index (χ2v) is 6.13. The Morgan fingerprint density at radius 1 is 1.07 bits per heavy atom. The standard InChI is InChI=1S/C19H16N6O3/c26-17(12-25-19(28)15-5-2-1-4-14(15)18(27)23-25)21-11-13-6-7-16(20-10-13)24-9-3-8-22-24/h1-10H,11-12H2,(H,21,26)(H,23,27). The number of fused-ring (bicyclic) bond motifs is 1. The fourth-order valence-electron chi connectivity index (χ4n) is 2.82. The van der Waals surface area contributed by atoms with Gasteiger partial charge < -0.3 is 5.32 Å². The largest absolute Gasteiger partial charge is 0.350 e. The normalized spacial score (nSPS) is 10.9. The molecule has 0 radical (unpaired) electrons. The summed E-state index contributed by atoms with van der Waals surface area (Å²) in [6.45, 7) is -0.0323. The third-order valence-electron chi connectivity index (χ3n) is 4.22. The molecule has 0 bridgehead atoms. The second-order valence-electron chi connectivity index (χ2n) is 6.13. The number of hydrogen-bond donors (Lipinski definition) is 2. The predicted molar refractivity (Wildman–Crippen MR) is 102 cm³/mol. The van der Waals surface area contributed by atoms with Crippen LogP contribution in [-0.2, 0) is 17.9 Å². The van der Waals surface area contributed by atoms with E-state index >= 15 is 0 Å². The minimum Gasteiger partial charge on any atom is -0.350 e. The Hall–Kier alpha value is -4.01. The van der Waals surface area contributed by atoms with Crippen LogP contribution < -0.4 is 16.4 Å². The summed E-state index contributed by atoms with van der Waals surface area (Å²) in [7, 11) is 0. The molecule has 4 rings (SSSR count). The fraction of sp³-hybridized carbons (Fsp3) is 0.105. The molecule has 9 heteroatoms. The van der Waals surface area contributed by atoms with Crippen LogP contribution >= 0.6 is 0 Å². The van der Waals surface area contributed by atoms with Crippen LogP contribution in [0.5, 0.6) is 0 Å². The molecule has 0 unspecified atom stereocenters. The van der Waals surface area contributed by atoms with Crippen LogP contribution in [0.15, 0.2) is 70.6 Å². The van der Waals surface area contributed by atoms with E-state index in [-0.39, 0.29) is 18.5 Å². The lowest BCUT2D eigenvalue weighted by Gasteiger charge is -2.09. The van der Waals surface area contributed by atoms with Gasteiger partial charge >= 0.3 is 0 Å². The Morgan fingerprint density at radius 3 is 2.61 bits per heavy atom. The van der Waals surface area contributed by atoms with Crippen LogP contribution in [0.4, 0.5) is 0 Å². The number of carbonyl (C=O) groups is 1. The van der Waals surface area contributed by atoms with E-state index in [9.17, 15) is 14.4 Å². The van der Waals surface area contributed by atoms with Crippen molar-refractivity contribution >= 4 is 16.7 Å². The van der Waals surface area contributed by atoms with Crippen molar-refractivity contribution in [1.82, 2.24) is 29.9 Å². The van der Waals surface area contributed by atoms with E-state index in [2.05, 4.69) is 20.5 Å². The summed E-state index contributed by atoms with van der Waals surface area (Å²) in [5.74, 6) is 0.268. The number of hydrogen-bond acceptors (Lipinski definition) is 5. The maximum Gasteiger partial charge on any atom is 0.273 e. The molecule has 0 aliphatic heterocycles. The maximum absolute atomic E-state index is 12.4. The Kier molecular flexibility index (Phi) is 4.55. The third-order valence-corrected chi connectivity index (χ3v) is 4.22. The van der Waals surface area contributed by atoms with Gasteiger partial charge in [0.25, 0.3) is 11.1 Å². The molecule has 140 valence electrons. The third kappa shape index (κ3) is 3.45. The number of pyridine rings is 1. The fourth-order valence-corrected chi connectivity index (χ4v) is 2.82. The lowest BCUT2D eigenvalue weighted by atomic mass is 10.2. The van der Waals surface area contributed by atoms with E-state index in [4.69, 9.17) is 0 Å². The van der Waals surface area contributed by atoms with Crippen molar-refractivity contribution in [1.29, 1.82) is 0 Å². The Balaban J connectivity index is 1.44. The summed E-state index contributed by atoms with van der Waals surface area (Å²) in [6, 6.07) is 11.9. The molecule has 0 saturated carbocycles. The molecule has 28 heavy (non-hydrogen) atoms. The van der Waals surface area contributed by atoms with Crippen molar-refractivity contribution in [2.45, 2.75) is 13.1 Å². The van der Waals surface area contributed by atoms with Gasteiger partial charge in [0.05, 0.1) is 10.8 Å². The van der Waals surface area contributed by atoms with Crippen LogP contribution in [0.25, 0.3) is 16.6 Å². The summed E-state index contributed by atoms with van der Waals surface area (Å²) >= 11 is 0. The average molecular weight is 376 g/mol. The van der Waals surface area contributed by atoms with Crippen molar-refractivity contribution < 1.29 is 4.79 Å². The molecule has 0 aliphatic carbocycles. The van der Waals surface area contributed by atoms with Crippen LogP contribution in [0.2, 0.25) is 0 Å². The Morgan fingerprint density at radius 2 is 1.89 bits per heavy atom. The van der Waals surface area contributed by atoms with Crippen molar-refractivity contribution in [2.24, 2.45) is 0 Å². The molecule has 3 aromatic heterocycles. The van der Waals surface area contributed by atoms with E-state index in [1.165, 1.54) is 0 Å².